The van der Waals surface area contributed by atoms with Crippen LogP contribution in [0.4, 0.5) is 13.2 Å². The predicted molar refractivity (Wildman–Crippen MR) is 93.7 cm³/mol. The predicted octanol–water partition coefficient (Wildman–Crippen LogP) is 4.35. The zero-order valence-corrected chi connectivity index (χ0v) is 15.2. The van der Waals surface area contributed by atoms with Gasteiger partial charge in [-0.25, -0.2) is 0 Å². The monoisotopic (exact) mass is 413 g/mol. The molecule has 0 radical (unpaired) electrons. The van der Waals surface area contributed by atoms with Crippen LogP contribution >= 0.6 is 11.6 Å². The van der Waals surface area contributed by atoms with E-state index in [9.17, 15) is 18.0 Å². The van der Waals surface area contributed by atoms with Gasteiger partial charge in [0.15, 0.2) is 0 Å². The van der Waals surface area contributed by atoms with E-state index in [1.807, 2.05) is 0 Å². The van der Waals surface area contributed by atoms with Crippen LogP contribution in [0.25, 0.3) is 10.9 Å². The first-order valence-corrected chi connectivity index (χ1v) is 8.84. The highest BCUT2D eigenvalue weighted by atomic mass is 35.5. The molecule has 3 aromatic rings. The summed E-state index contributed by atoms with van der Waals surface area (Å²) < 4.78 is 49.3. The van der Waals surface area contributed by atoms with E-state index in [4.69, 9.17) is 20.9 Å². The van der Waals surface area contributed by atoms with Gasteiger partial charge >= 0.3 is 6.18 Å². The van der Waals surface area contributed by atoms with Crippen LogP contribution in [0.5, 0.6) is 5.75 Å². The molecule has 0 spiro atoms. The molecule has 10 heteroatoms. The minimum atomic E-state index is -4.53. The van der Waals surface area contributed by atoms with E-state index < -0.39 is 17.5 Å². The van der Waals surface area contributed by atoms with Crippen LogP contribution in [0.15, 0.2) is 35.1 Å². The Bertz CT molecular complexity index is 1010. The van der Waals surface area contributed by atoms with E-state index in [0.29, 0.717) is 27.7 Å². The average Bonchev–Trinajstić information content (AvgIpc) is 3.14. The zero-order chi connectivity index (χ0) is 19.9. The number of halogens is 4. The van der Waals surface area contributed by atoms with Gasteiger partial charge in [0.25, 0.3) is 0 Å². The fourth-order valence-electron chi connectivity index (χ4n) is 2.97. The lowest BCUT2D eigenvalue weighted by Gasteiger charge is -2.18. The number of alkyl halides is 3. The lowest BCUT2D eigenvalue weighted by Crippen LogP contribution is -2.40. The Labute approximate surface area is 162 Å². The minimum absolute atomic E-state index is 0.0436. The topological polar surface area (TPSA) is 80.2 Å². The molecule has 0 unspecified atom stereocenters. The maximum atomic E-state index is 13.0. The third-order valence-electron chi connectivity index (χ3n) is 4.76. The van der Waals surface area contributed by atoms with Gasteiger partial charge in [-0.05, 0) is 25.0 Å². The Morgan fingerprint density at radius 1 is 1.36 bits per heavy atom. The largest absolute Gasteiger partial charge is 0.486 e. The maximum Gasteiger partial charge on any atom is 0.403 e. The molecule has 1 amide bonds. The Kier molecular flexibility index (Phi) is 4.49. The quantitative estimate of drug-likeness (QED) is 0.629. The molecule has 28 heavy (non-hydrogen) atoms. The Hall–Kier alpha value is -2.68. The van der Waals surface area contributed by atoms with Gasteiger partial charge in [0.1, 0.15) is 29.7 Å². The molecule has 1 aliphatic rings. The van der Waals surface area contributed by atoms with Gasteiger partial charge in [-0.3, -0.25) is 4.79 Å². The Morgan fingerprint density at radius 2 is 2.14 bits per heavy atom. The number of nitrogens with one attached hydrogen (secondary N) is 2. The molecule has 0 aliphatic heterocycles. The summed E-state index contributed by atoms with van der Waals surface area (Å²) in [5, 5.41) is 7.23. The number of amides is 1. The van der Waals surface area contributed by atoms with E-state index in [1.54, 1.807) is 24.3 Å². The summed E-state index contributed by atoms with van der Waals surface area (Å²) in [6.45, 7) is 0.128. The minimum Gasteiger partial charge on any atom is -0.486 e. The summed E-state index contributed by atoms with van der Waals surface area (Å²) >= 11 is 6.22. The highest BCUT2D eigenvalue weighted by Gasteiger charge is 2.68. The molecule has 148 valence electrons. The molecule has 6 nitrogen and oxygen atoms in total. The molecule has 4 rings (SSSR count). The van der Waals surface area contributed by atoms with Gasteiger partial charge in [-0.2, -0.15) is 13.2 Å². The molecule has 1 aromatic carbocycles. The van der Waals surface area contributed by atoms with E-state index in [1.165, 1.54) is 6.26 Å². The summed E-state index contributed by atoms with van der Waals surface area (Å²) in [6, 6.07) is 6.74. The van der Waals surface area contributed by atoms with Gasteiger partial charge in [-0.1, -0.05) is 16.8 Å². The number of carbonyl (C=O) groups is 1. The molecule has 2 heterocycles. The highest BCUT2D eigenvalue weighted by molar-refractivity contribution is 6.32. The summed E-state index contributed by atoms with van der Waals surface area (Å²) in [4.78, 5) is 15.0. The highest BCUT2D eigenvalue weighted by Crippen LogP contribution is 2.57. The first-order valence-electron chi connectivity index (χ1n) is 8.47. The first-order chi connectivity index (χ1) is 13.3. The molecule has 0 atom stereocenters. The van der Waals surface area contributed by atoms with Crippen molar-refractivity contribution >= 4 is 28.4 Å². The van der Waals surface area contributed by atoms with E-state index >= 15 is 0 Å². The van der Waals surface area contributed by atoms with Gasteiger partial charge in [0.05, 0.1) is 11.6 Å². The number of carbonyl (C=O) groups excluding carboxylic acids is 1. The number of fused-ring (bicyclic) bond motifs is 1. The van der Waals surface area contributed by atoms with Crippen LogP contribution in [0.1, 0.15) is 24.2 Å². The fraction of sp³-hybridized carbons (Fsp3) is 0.333. The van der Waals surface area contributed by atoms with E-state index in [2.05, 4.69) is 15.5 Å². The van der Waals surface area contributed by atoms with E-state index in [0.717, 1.165) is 5.39 Å². The van der Waals surface area contributed by atoms with Crippen molar-refractivity contribution in [2.24, 2.45) is 5.41 Å². The average molecular weight is 414 g/mol. The van der Waals surface area contributed by atoms with Gasteiger partial charge in [0, 0.05) is 28.7 Å². The van der Waals surface area contributed by atoms with Crippen molar-refractivity contribution in [3.63, 3.8) is 0 Å². The van der Waals surface area contributed by atoms with Crippen LogP contribution < -0.4 is 10.1 Å². The van der Waals surface area contributed by atoms with Crippen molar-refractivity contribution in [2.75, 3.05) is 0 Å². The SMILES string of the molecule is O=C(NCc1cc2cc(Cl)c(OCc3ccon3)cc2[nH]1)C1(C(F)(F)F)CC1. The number of rotatable bonds is 6. The lowest BCUT2D eigenvalue weighted by atomic mass is 10.1. The standard InChI is InChI=1S/C18H15ClF3N3O3/c19-13-6-10-5-12(8-23-16(26)17(2-3-17)18(20,21)22)24-14(10)7-15(13)27-9-11-1-4-28-25-11/h1,4-7,24H,2-3,8-9H2,(H,23,26). The number of nitrogens with zero attached hydrogens (tertiary/aromatic N) is 1. The van der Waals surface area contributed by atoms with Crippen molar-refractivity contribution in [1.82, 2.24) is 15.5 Å². The van der Waals surface area contributed by atoms with Crippen molar-refractivity contribution in [3.05, 3.63) is 46.9 Å². The maximum absolute atomic E-state index is 13.0. The third kappa shape index (κ3) is 3.42. The zero-order valence-electron chi connectivity index (χ0n) is 14.4. The molecule has 2 N–H and O–H groups in total. The second kappa shape index (κ2) is 6.73. The number of H-pyrrole nitrogens is 1. The molecule has 1 aliphatic carbocycles. The fourth-order valence-corrected chi connectivity index (χ4v) is 3.20. The summed E-state index contributed by atoms with van der Waals surface area (Å²) in [7, 11) is 0. The number of benzene rings is 1. The van der Waals surface area contributed by atoms with E-state index in [-0.39, 0.29) is 26.0 Å². The van der Waals surface area contributed by atoms with Crippen molar-refractivity contribution in [3.8, 4) is 5.75 Å². The number of aromatic nitrogens is 2. The van der Waals surface area contributed by atoms with Crippen LogP contribution in [-0.2, 0) is 17.9 Å². The van der Waals surface area contributed by atoms with Crippen molar-refractivity contribution in [1.29, 1.82) is 0 Å². The molecule has 0 saturated heterocycles. The molecular weight excluding hydrogens is 399 g/mol. The van der Waals surface area contributed by atoms with Gasteiger partial charge in [0.2, 0.25) is 5.91 Å². The molecular formula is C18H15ClF3N3O3. The number of hydrogen-bond donors (Lipinski definition) is 2. The van der Waals surface area contributed by atoms with Gasteiger partial charge < -0.3 is 19.6 Å². The smallest absolute Gasteiger partial charge is 0.403 e. The summed E-state index contributed by atoms with van der Waals surface area (Å²) in [5.41, 5.74) is -0.388. The van der Waals surface area contributed by atoms with Crippen LogP contribution in [-0.4, -0.2) is 22.2 Å². The molecule has 1 fully saturated rings. The summed E-state index contributed by atoms with van der Waals surface area (Å²) in [6.07, 6.45) is -3.44. The summed E-state index contributed by atoms with van der Waals surface area (Å²) in [5.74, 6) is -0.572. The van der Waals surface area contributed by atoms with Crippen molar-refractivity contribution < 1.29 is 27.2 Å². The number of aromatic amines is 1. The van der Waals surface area contributed by atoms with Crippen LogP contribution in [0, 0.1) is 5.41 Å². The second-order valence-electron chi connectivity index (χ2n) is 6.71. The van der Waals surface area contributed by atoms with Crippen molar-refractivity contribution in [2.45, 2.75) is 32.2 Å². The normalized spacial score (nSPS) is 15.6. The number of ether oxygens (including phenoxy) is 1. The second-order valence-corrected chi connectivity index (χ2v) is 7.11. The molecule has 2 aromatic heterocycles. The molecule has 1 saturated carbocycles. The Balaban J connectivity index is 1.45. The lowest BCUT2D eigenvalue weighted by molar-refractivity contribution is -0.192. The third-order valence-corrected chi connectivity index (χ3v) is 5.06. The van der Waals surface area contributed by atoms with Gasteiger partial charge in [-0.15, -0.1) is 0 Å². The van der Waals surface area contributed by atoms with Crippen LogP contribution in [0.2, 0.25) is 5.02 Å². The van der Waals surface area contributed by atoms with Crippen LogP contribution in [0.3, 0.4) is 0 Å². The number of hydrogen-bond acceptors (Lipinski definition) is 4. The molecule has 0 bridgehead atoms. The first kappa shape index (κ1) is 18.7. The Morgan fingerprint density at radius 3 is 2.79 bits per heavy atom.